The molecule has 1 aromatic carbocycles. The first-order valence-electron chi connectivity index (χ1n) is 5.87. The highest BCUT2D eigenvalue weighted by Gasteiger charge is 2.08. The maximum atomic E-state index is 10.7. The van der Waals surface area contributed by atoms with Crippen LogP contribution >= 0.6 is 11.5 Å². The lowest BCUT2D eigenvalue weighted by molar-refractivity contribution is -0.384. The number of nitrogens with one attached hydrogen (secondary N) is 1. The van der Waals surface area contributed by atoms with Gasteiger partial charge in [0, 0.05) is 36.1 Å². The average Bonchev–Trinajstić information content (AvgIpc) is 2.85. The zero-order valence-electron chi connectivity index (χ0n) is 10.7. The molecule has 6 nitrogen and oxygen atoms in total. The molecule has 0 fully saturated rings. The monoisotopic (exact) mass is 278 g/mol. The highest BCUT2D eigenvalue weighted by atomic mass is 32.1. The molecule has 0 amide bonds. The molecule has 0 bridgehead atoms. The highest BCUT2D eigenvalue weighted by Crippen LogP contribution is 2.19. The summed E-state index contributed by atoms with van der Waals surface area (Å²) in [4.78, 5) is 14.6. The zero-order valence-corrected chi connectivity index (χ0v) is 11.5. The third-order valence-corrected chi connectivity index (χ3v) is 3.21. The van der Waals surface area contributed by atoms with E-state index >= 15 is 0 Å². The topological polar surface area (TPSA) is 81.0 Å². The molecule has 0 spiro atoms. The second kappa shape index (κ2) is 5.75. The first-order valence-corrected chi connectivity index (χ1v) is 6.64. The molecule has 0 aliphatic carbocycles. The molecule has 1 aromatic heterocycles. The number of anilines is 1. The molecule has 0 radical (unpaired) electrons. The van der Waals surface area contributed by atoms with Crippen molar-refractivity contribution in [3.63, 3.8) is 0 Å². The van der Waals surface area contributed by atoms with Crippen molar-refractivity contribution in [2.24, 2.45) is 0 Å². The second-order valence-corrected chi connectivity index (χ2v) is 5.14. The maximum absolute atomic E-state index is 10.7. The smallest absolute Gasteiger partial charge is 0.269 e. The maximum Gasteiger partial charge on any atom is 0.269 e. The van der Waals surface area contributed by atoms with Crippen molar-refractivity contribution in [3.05, 3.63) is 45.8 Å². The third-order valence-electron chi connectivity index (χ3n) is 2.52. The third kappa shape index (κ3) is 3.47. The van der Waals surface area contributed by atoms with Gasteiger partial charge in [-0.05, 0) is 5.56 Å². The fourth-order valence-electron chi connectivity index (χ4n) is 1.50. The van der Waals surface area contributed by atoms with Gasteiger partial charge in [0.1, 0.15) is 5.82 Å². The van der Waals surface area contributed by atoms with Crippen molar-refractivity contribution < 1.29 is 4.92 Å². The Morgan fingerprint density at radius 3 is 2.89 bits per heavy atom. The van der Waals surface area contributed by atoms with E-state index in [0.717, 1.165) is 16.5 Å². The predicted octanol–water partition coefficient (Wildman–Crippen LogP) is 3.18. The number of nitrogens with zero attached hydrogens (tertiary/aromatic N) is 3. The summed E-state index contributed by atoms with van der Waals surface area (Å²) in [5.74, 6) is 1.11. The summed E-state index contributed by atoms with van der Waals surface area (Å²) in [6.45, 7) is 4.56. The molecule has 0 aliphatic heterocycles. The van der Waals surface area contributed by atoms with Gasteiger partial charge in [0.05, 0.1) is 4.92 Å². The van der Waals surface area contributed by atoms with Crippen LogP contribution in [0.15, 0.2) is 24.3 Å². The van der Waals surface area contributed by atoms with Crippen molar-refractivity contribution >= 4 is 22.4 Å². The van der Waals surface area contributed by atoms with Crippen LogP contribution < -0.4 is 5.32 Å². The molecule has 1 heterocycles. The fourth-order valence-corrected chi connectivity index (χ4v) is 2.20. The lowest BCUT2D eigenvalue weighted by atomic mass is 10.2. The van der Waals surface area contributed by atoms with Crippen LogP contribution in [0.25, 0.3) is 0 Å². The van der Waals surface area contributed by atoms with Gasteiger partial charge in [-0.1, -0.05) is 26.0 Å². The molecule has 0 saturated carbocycles. The van der Waals surface area contributed by atoms with Crippen LogP contribution in [0.4, 0.5) is 10.8 Å². The van der Waals surface area contributed by atoms with Gasteiger partial charge < -0.3 is 5.32 Å². The molecular weight excluding hydrogens is 264 g/mol. The number of non-ortho nitro benzene ring substituents is 1. The standard InChI is InChI=1S/C12H14N4O2S/c1-8(2)11-14-12(19-15-11)13-7-9-4-3-5-10(6-9)16(17)18/h3-6,8H,7H2,1-2H3,(H,13,14,15). The first-order chi connectivity index (χ1) is 9.06. The molecular formula is C12H14N4O2S. The molecule has 0 unspecified atom stereocenters. The Hall–Kier alpha value is -2.02. The molecule has 0 aliphatic rings. The van der Waals surface area contributed by atoms with E-state index in [1.165, 1.54) is 17.6 Å². The van der Waals surface area contributed by atoms with Crippen LogP contribution in [-0.4, -0.2) is 14.3 Å². The van der Waals surface area contributed by atoms with E-state index in [0.29, 0.717) is 12.5 Å². The van der Waals surface area contributed by atoms with Gasteiger partial charge in [-0.3, -0.25) is 10.1 Å². The number of aromatic nitrogens is 2. The van der Waals surface area contributed by atoms with Gasteiger partial charge >= 0.3 is 0 Å². The first kappa shape index (κ1) is 13.4. The van der Waals surface area contributed by atoms with Crippen molar-refractivity contribution in [1.29, 1.82) is 0 Å². The number of rotatable bonds is 5. The van der Waals surface area contributed by atoms with E-state index < -0.39 is 4.92 Å². The van der Waals surface area contributed by atoms with Gasteiger partial charge in [-0.2, -0.15) is 4.37 Å². The molecule has 2 rings (SSSR count). The molecule has 0 atom stereocenters. The van der Waals surface area contributed by atoms with E-state index in [9.17, 15) is 10.1 Å². The SMILES string of the molecule is CC(C)c1nsc(NCc2cccc([N+](=O)[O-])c2)n1. The van der Waals surface area contributed by atoms with Gasteiger partial charge in [-0.25, -0.2) is 4.98 Å². The Bertz CT molecular complexity index is 583. The quantitative estimate of drug-likeness (QED) is 0.671. The Kier molecular flexibility index (Phi) is 4.06. The van der Waals surface area contributed by atoms with Gasteiger partial charge in [-0.15, -0.1) is 0 Å². The summed E-state index contributed by atoms with van der Waals surface area (Å²) >= 11 is 1.30. The van der Waals surface area contributed by atoms with E-state index in [1.54, 1.807) is 12.1 Å². The van der Waals surface area contributed by atoms with E-state index in [4.69, 9.17) is 0 Å². The van der Waals surface area contributed by atoms with Crippen molar-refractivity contribution in [3.8, 4) is 0 Å². The molecule has 1 N–H and O–H groups in total. The molecule has 7 heteroatoms. The van der Waals surface area contributed by atoms with Gasteiger partial charge in [0.25, 0.3) is 5.69 Å². The Balaban J connectivity index is 2.01. The largest absolute Gasteiger partial charge is 0.356 e. The second-order valence-electron chi connectivity index (χ2n) is 4.39. The summed E-state index contributed by atoms with van der Waals surface area (Å²) in [7, 11) is 0. The minimum Gasteiger partial charge on any atom is -0.356 e. The molecule has 19 heavy (non-hydrogen) atoms. The van der Waals surface area contributed by atoms with Crippen molar-refractivity contribution in [2.45, 2.75) is 26.3 Å². The number of hydrogen-bond donors (Lipinski definition) is 1. The number of benzene rings is 1. The van der Waals surface area contributed by atoms with Crippen LogP contribution in [0.5, 0.6) is 0 Å². The predicted molar refractivity (Wildman–Crippen MR) is 74.4 cm³/mol. The average molecular weight is 278 g/mol. The van der Waals surface area contributed by atoms with Crippen LogP contribution in [0, 0.1) is 10.1 Å². The Morgan fingerprint density at radius 2 is 2.26 bits per heavy atom. The Labute approximate surface area is 114 Å². The number of hydrogen-bond acceptors (Lipinski definition) is 6. The summed E-state index contributed by atoms with van der Waals surface area (Å²) in [6.07, 6.45) is 0. The van der Waals surface area contributed by atoms with Gasteiger partial charge in [0.2, 0.25) is 5.13 Å². The summed E-state index contributed by atoms with van der Waals surface area (Å²) in [6, 6.07) is 6.54. The minimum atomic E-state index is -0.398. The van der Waals surface area contributed by atoms with Crippen LogP contribution in [0.1, 0.15) is 31.2 Å². The molecule has 2 aromatic rings. The fraction of sp³-hybridized carbons (Fsp3) is 0.333. The lowest BCUT2D eigenvalue weighted by Crippen LogP contribution is -2.00. The van der Waals surface area contributed by atoms with Crippen molar-refractivity contribution in [2.75, 3.05) is 5.32 Å². The van der Waals surface area contributed by atoms with Crippen LogP contribution in [-0.2, 0) is 6.54 Å². The Morgan fingerprint density at radius 1 is 1.47 bits per heavy atom. The minimum absolute atomic E-state index is 0.0967. The van der Waals surface area contributed by atoms with Crippen LogP contribution in [0.2, 0.25) is 0 Å². The lowest BCUT2D eigenvalue weighted by Gasteiger charge is -2.02. The number of nitro groups is 1. The summed E-state index contributed by atoms with van der Waals surface area (Å²) in [5, 5.41) is 14.5. The highest BCUT2D eigenvalue weighted by molar-refractivity contribution is 7.09. The normalized spacial score (nSPS) is 10.7. The van der Waals surface area contributed by atoms with Gasteiger partial charge in [0.15, 0.2) is 0 Å². The number of nitro benzene ring substituents is 1. The van der Waals surface area contributed by atoms with E-state index in [1.807, 2.05) is 19.9 Å². The summed E-state index contributed by atoms with van der Waals surface area (Å²) in [5.41, 5.74) is 0.940. The van der Waals surface area contributed by atoms with Crippen LogP contribution in [0.3, 0.4) is 0 Å². The van der Waals surface area contributed by atoms with E-state index in [-0.39, 0.29) is 5.69 Å². The zero-order chi connectivity index (χ0) is 13.8. The summed E-state index contributed by atoms with van der Waals surface area (Å²) < 4.78 is 4.23. The van der Waals surface area contributed by atoms with Crippen molar-refractivity contribution in [1.82, 2.24) is 9.36 Å². The molecule has 0 saturated heterocycles. The van der Waals surface area contributed by atoms with E-state index in [2.05, 4.69) is 14.7 Å². The molecule has 100 valence electrons.